The van der Waals surface area contributed by atoms with Crippen LogP contribution in [0.2, 0.25) is 5.02 Å². The van der Waals surface area contributed by atoms with E-state index in [1.807, 2.05) is 59.5 Å². The first kappa shape index (κ1) is 20.7. The quantitative estimate of drug-likeness (QED) is 0.441. The standard InChI is InChI=1S/C23H20ClN5O2S/c24-17-8-6-16(7-9-17)20-21-22(32-27-20)23(26-15-25-21)29-12-10-28(11-13-29)19(30)14-31-18-4-2-1-3-5-18/h1-9,15H,10-14H2. The van der Waals surface area contributed by atoms with Crippen LogP contribution in [-0.4, -0.2) is 57.9 Å². The highest BCUT2D eigenvalue weighted by Crippen LogP contribution is 2.34. The summed E-state index contributed by atoms with van der Waals surface area (Å²) in [6.45, 7) is 2.66. The van der Waals surface area contributed by atoms with Crippen molar-refractivity contribution in [3.8, 4) is 17.0 Å². The lowest BCUT2D eigenvalue weighted by Gasteiger charge is -2.35. The van der Waals surface area contributed by atoms with Gasteiger partial charge in [-0.05, 0) is 35.8 Å². The fourth-order valence-electron chi connectivity index (χ4n) is 3.69. The van der Waals surface area contributed by atoms with Crippen LogP contribution in [-0.2, 0) is 4.79 Å². The fraction of sp³-hybridized carbons (Fsp3) is 0.217. The Hall–Kier alpha value is -3.23. The lowest BCUT2D eigenvalue weighted by atomic mass is 10.1. The van der Waals surface area contributed by atoms with Gasteiger partial charge in [0.05, 0.1) is 0 Å². The van der Waals surface area contributed by atoms with Crippen molar-refractivity contribution in [1.29, 1.82) is 0 Å². The van der Waals surface area contributed by atoms with E-state index in [9.17, 15) is 4.79 Å². The van der Waals surface area contributed by atoms with Gasteiger partial charge in [-0.15, -0.1) is 0 Å². The number of hydrogen-bond donors (Lipinski definition) is 0. The summed E-state index contributed by atoms with van der Waals surface area (Å²) in [7, 11) is 0. The van der Waals surface area contributed by atoms with Gasteiger partial charge in [0.2, 0.25) is 0 Å². The summed E-state index contributed by atoms with van der Waals surface area (Å²) in [6.07, 6.45) is 1.58. The SMILES string of the molecule is O=C(COc1ccccc1)N1CCN(c2ncnc3c(-c4ccc(Cl)cc4)nsc23)CC1. The van der Waals surface area contributed by atoms with E-state index < -0.39 is 0 Å². The normalized spacial score (nSPS) is 14.0. The van der Waals surface area contributed by atoms with Crippen LogP contribution in [0.1, 0.15) is 0 Å². The second kappa shape index (κ2) is 9.10. The fourth-order valence-corrected chi connectivity index (χ4v) is 4.69. The van der Waals surface area contributed by atoms with Gasteiger partial charge in [-0.3, -0.25) is 4.79 Å². The smallest absolute Gasteiger partial charge is 0.260 e. The second-order valence-corrected chi connectivity index (χ2v) is 8.59. The third kappa shape index (κ3) is 4.24. The predicted octanol–water partition coefficient (Wildman–Crippen LogP) is 4.13. The number of piperazine rings is 1. The molecule has 1 amide bonds. The van der Waals surface area contributed by atoms with Crippen LogP contribution in [0.4, 0.5) is 5.82 Å². The van der Waals surface area contributed by atoms with E-state index >= 15 is 0 Å². The molecule has 1 aliphatic rings. The van der Waals surface area contributed by atoms with Gasteiger partial charge in [0, 0.05) is 36.8 Å². The summed E-state index contributed by atoms with van der Waals surface area (Å²) >= 11 is 7.41. The van der Waals surface area contributed by atoms with Crippen molar-refractivity contribution < 1.29 is 9.53 Å². The van der Waals surface area contributed by atoms with Gasteiger partial charge in [-0.1, -0.05) is 41.9 Å². The van der Waals surface area contributed by atoms with Crippen molar-refractivity contribution in [2.24, 2.45) is 0 Å². The molecule has 0 radical (unpaired) electrons. The number of carbonyl (C=O) groups excluding carboxylic acids is 1. The van der Waals surface area contributed by atoms with Gasteiger partial charge in [0.15, 0.2) is 12.4 Å². The largest absolute Gasteiger partial charge is 0.484 e. The second-order valence-electron chi connectivity index (χ2n) is 7.38. The van der Waals surface area contributed by atoms with Gasteiger partial charge in [-0.25, -0.2) is 9.97 Å². The van der Waals surface area contributed by atoms with Crippen LogP contribution in [0.5, 0.6) is 5.75 Å². The Kier molecular flexibility index (Phi) is 5.87. The lowest BCUT2D eigenvalue weighted by Crippen LogP contribution is -2.50. The topological polar surface area (TPSA) is 71.5 Å². The third-order valence-corrected chi connectivity index (χ3v) is 6.48. The van der Waals surface area contributed by atoms with Crippen molar-refractivity contribution in [2.45, 2.75) is 0 Å². The number of ether oxygens (including phenoxy) is 1. The maximum atomic E-state index is 12.6. The molecule has 162 valence electrons. The molecule has 7 nitrogen and oxygen atoms in total. The molecule has 9 heteroatoms. The van der Waals surface area contributed by atoms with E-state index in [2.05, 4.69) is 19.2 Å². The minimum absolute atomic E-state index is 0.0100. The molecule has 0 saturated carbocycles. The first-order valence-corrected chi connectivity index (χ1v) is 11.4. The Morgan fingerprint density at radius 3 is 2.50 bits per heavy atom. The van der Waals surface area contributed by atoms with E-state index in [1.165, 1.54) is 11.5 Å². The monoisotopic (exact) mass is 465 g/mol. The van der Waals surface area contributed by atoms with Gasteiger partial charge in [-0.2, -0.15) is 4.37 Å². The van der Waals surface area contributed by atoms with Crippen LogP contribution in [0.3, 0.4) is 0 Å². The van der Waals surface area contributed by atoms with Crippen LogP contribution in [0.15, 0.2) is 60.9 Å². The lowest BCUT2D eigenvalue weighted by molar-refractivity contribution is -0.133. The minimum Gasteiger partial charge on any atom is -0.484 e. The van der Waals surface area contributed by atoms with Crippen molar-refractivity contribution in [2.75, 3.05) is 37.7 Å². The Labute approximate surface area is 194 Å². The Balaban J connectivity index is 1.27. The number of amides is 1. The third-order valence-electron chi connectivity index (χ3n) is 5.39. The zero-order valence-corrected chi connectivity index (χ0v) is 18.7. The van der Waals surface area contributed by atoms with Crippen molar-refractivity contribution in [1.82, 2.24) is 19.2 Å². The number of halogens is 1. The van der Waals surface area contributed by atoms with Crippen molar-refractivity contribution in [3.63, 3.8) is 0 Å². The average Bonchev–Trinajstić information content (AvgIpc) is 3.28. The van der Waals surface area contributed by atoms with E-state index in [-0.39, 0.29) is 12.5 Å². The molecule has 2 aromatic carbocycles. The Morgan fingerprint density at radius 2 is 1.75 bits per heavy atom. The van der Waals surface area contributed by atoms with Gasteiger partial charge >= 0.3 is 0 Å². The molecule has 0 aliphatic carbocycles. The molecule has 4 aromatic rings. The number of aromatic nitrogens is 3. The van der Waals surface area contributed by atoms with Crippen molar-refractivity contribution in [3.05, 3.63) is 65.9 Å². The highest BCUT2D eigenvalue weighted by Gasteiger charge is 2.25. The van der Waals surface area contributed by atoms with Crippen LogP contribution in [0, 0.1) is 0 Å². The average molecular weight is 466 g/mol. The molecule has 1 fully saturated rings. The van der Waals surface area contributed by atoms with Gasteiger partial charge in [0.25, 0.3) is 5.91 Å². The molecule has 5 rings (SSSR count). The number of benzene rings is 2. The number of hydrogen-bond acceptors (Lipinski definition) is 7. The Morgan fingerprint density at radius 1 is 1.00 bits per heavy atom. The first-order chi connectivity index (χ1) is 15.7. The molecule has 0 atom stereocenters. The molecular formula is C23H20ClN5O2S. The first-order valence-electron chi connectivity index (χ1n) is 10.3. The summed E-state index contributed by atoms with van der Waals surface area (Å²) in [5.74, 6) is 1.55. The van der Waals surface area contributed by atoms with Crippen molar-refractivity contribution >= 4 is 45.1 Å². The summed E-state index contributed by atoms with van der Waals surface area (Å²) in [6, 6.07) is 17.0. The molecule has 32 heavy (non-hydrogen) atoms. The Bertz CT molecular complexity index is 1220. The number of fused-ring (bicyclic) bond motifs is 1. The maximum Gasteiger partial charge on any atom is 0.260 e. The molecule has 3 heterocycles. The number of carbonyl (C=O) groups is 1. The van der Waals surface area contributed by atoms with Crippen LogP contribution < -0.4 is 9.64 Å². The minimum atomic E-state index is -0.0100. The van der Waals surface area contributed by atoms with Gasteiger partial charge < -0.3 is 14.5 Å². The summed E-state index contributed by atoms with van der Waals surface area (Å²) in [4.78, 5) is 25.6. The molecule has 2 aromatic heterocycles. The molecule has 0 spiro atoms. The van der Waals surface area contributed by atoms with E-state index in [1.54, 1.807) is 6.33 Å². The molecule has 1 saturated heterocycles. The summed E-state index contributed by atoms with van der Waals surface area (Å²) in [5.41, 5.74) is 2.63. The molecular weight excluding hydrogens is 446 g/mol. The van der Waals surface area contributed by atoms with Crippen LogP contribution >= 0.6 is 23.1 Å². The predicted molar refractivity (Wildman–Crippen MR) is 126 cm³/mol. The number of nitrogens with zero attached hydrogens (tertiary/aromatic N) is 5. The molecule has 0 N–H and O–H groups in total. The zero-order valence-electron chi connectivity index (χ0n) is 17.1. The summed E-state index contributed by atoms with van der Waals surface area (Å²) in [5, 5.41) is 0.685. The zero-order chi connectivity index (χ0) is 21.9. The molecule has 1 aliphatic heterocycles. The highest BCUT2D eigenvalue weighted by molar-refractivity contribution is 7.14. The van der Waals surface area contributed by atoms with Gasteiger partial charge in [0.1, 0.15) is 28.0 Å². The maximum absolute atomic E-state index is 12.6. The number of anilines is 1. The molecule has 0 unspecified atom stereocenters. The van der Waals surface area contributed by atoms with E-state index in [4.69, 9.17) is 16.3 Å². The molecule has 0 bridgehead atoms. The summed E-state index contributed by atoms with van der Waals surface area (Å²) < 4.78 is 11.2. The van der Waals surface area contributed by atoms with Crippen LogP contribution in [0.25, 0.3) is 21.5 Å². The number of para-hydroxylation sites is 1. The van der Waals surface area contributed by atoms with E-state index in [0.29, 0.717) is 37.0 Å². The van der Waals surface area contributed by atoms with E-state index in [0.717, 1.165) is 27.3 Å². The highest BCUT2D eigenvalue weighted by atomic mass is 35.5. The number of rotatable bonds is 5.